The minimum Gasteiger partial charge on any atom is -0.370 e. The lowest BCUT2D eigenvalue weighted by Crippen LogP contribution is -2.37. The molecule has 24 heavy (non-hydrogen) atoms. The fraction of sp³-hybridized carbons (Fsp3) is 0.556. The number of aliphatic imine (C=N–C) groups is 1. The monoisotopic (exact) mass is 444 g/mol. The van der Waals surface area contributed by atoms with Crippen molar-refractivity contribution in [3.8, 4) is 0 Å². The van der Waals surface area contributed by atoms with E-state index in [1.807, 2.05) is 31.2 Å². The number of nitrogens with one attached hydrogen (secondary N) is 2. The van der Waals surface area contributed by atoms with Gasteiger partial charge in [-0.25, -0.2) is 4.99 Å². The lowest BCUT2D eigenvalue weighted by Gasteiger charge is -2.25. The van der Waals surface area contributed by atoms with Crippen LogP contribution < -0.4 is 16.4 Å². The summed E-state index contributed by atoms with van der Waals surface area (Å²) in [7, 11) is 0. The summed E-state index contributed by atoms with van der Waals surface area (Å²) in [6, 6.07) is 7.72. The summed E-state index contributed by atoms with van der Waals surface area (Å²) >= 11 is 0. The fourth-order valence-corrected chi connectivity index (χ4v) is 2.40. The number of nitrogens with two attached hydrogens (primary N) is 1. The zero-order valence-electron chi connectivity index (χ0n) is 14.5. The van der Waals surface area contributed by atoms with E-state index in [1.54, 1.807) is 0 Å². The van der Waals surface area contributed by atoms with E-state index >= 15 is 0 Å². The van der Waals surface area contributed by atoms with Gasteiger partial charge in [-0.15, -0.1) is 24.0 Å². The molecule has 1 aromatic carbocycles. The van der Waals surface area contributed by atoms with Gasteiger partial charge in [0.2, 0.25) is 0 Å². The molecule has 1 saturated carbocycles. The van der Waals surface area contributed by atoms with Crippen LogP contribution in [0.4, 0.5) is 0 Å². The predicted molar refractivity (Wildman–Crippen MR) is 110 cm³/mol. The first kappa shape index (κ1) is 20.7. The lowest BCUT2D eigenvalue weighted by atomic mass is 9.85. The zero-order valence-corrected chi connectivity index (χ0v) is 16.9. The van der Waals surface area contributed by atoms with E-state index in [2.05, 4.69) is 22.5 Å². The van der Waals surface area contributed by atoms with Crippen LogP contribution in [0.3, 0.4) is 0 Å². The van der Waals surface area contributed by atoms with Crippen molar-refractivity contribution in [2.75, 3.05) is 6.54 Å². The van der Waals surface area contributed by atoms with Gasteiger partial charge in [-0.1, -0.05) is 25.5 Å². The molecule has 1 unspecified atom stereocenters. The van der Waals surface area contributed by atoms with E-state index in [0.717, 1.165) is 24.4 Å². The van der Waals surface area contributed by atoms with Crippen molar-refractivity contribution < 1.29 is 4.79 Å². The topological polar surface area (TPSA) is 79.5 Å². The quantitative estimate of drug-likeness (QED) is 0.344. The number of hydrogen-bond donors (Lipinski definition) is 3. The van der Waals surface area contributed by atoms with Gasteiger partial charge in [-0.05, 0) is 49.8 Å². The summed E-state index contributed by atoms with van der Waals surface area (Å²) in [6.45, 7) is 5.44. The summed E-state index contributed by atoms with van der Waals surface area (Å²) in [5.74, 6) is 1.18. The number of carbonyl (C=O) groups excluding carboxylic acids is 1. The van der Waals surface area contributed by atoms with Crippen LogP contribution >= 0.6 is 24.0 Å². The molecule has 0 heterocycles. The van der Waals surface area contributed by atoms with Gasteiger partial charge in [0, 0.05) is 18.2 Å². The van der Waals surface area contributed by atoms with E-state index in [0.29, 0.717) is 18.1 Å². The van der Waals surface area contributed by atoms with E-state index in [9.17, 15) is 4.79 Å². The largest absolute Gasteiger partial charge is 0.370 e. The molecule has 1 amide bonds. The van der Waals surface area contributed by atoms with E-state index in [-0.39, 0.29) is 35.9 Å². The highest BCUT2D eigenvalue weighted by Gasteiger charge is 2.16. The number of benzene rings is 1. The van der Waals surface area contributed by atoms with Gasteiger partial charge in [0.15, 0.2) is 5.96 Å². The molecule has 0 aliphatic heterocycles. The highest BCUT2D eigenvalue weighted by Crippen LogP contribution is 2.24. The van der Waals surface area contributed by atoms with E-state index in [4.69, 9.17) is 5.73 Å². The molecule has 0 saturated heterocycles. The maximum absolute atomic E-state index is 12.1. The summed E-state index contributed by atoms with van der Waals surface area (Å²) in [4.78, 5) is 16.5. The Morgan fingerprint density at radius 1 is 1.42 bits per heavy atom. The maximum atomic E-state index is 12.1. The molecule has 5 nitrogen and oxygen atoms in total. The normalized spacial score (nSPS) is 15.8. The van der Waals surface area contributed by atoms with Gasteiger partial charge in [0.1, 0.15) is 0 Å². The van der Waals surface area contributed by atoms with Crippen molar-refractivity contribution in [1.29, 1.82) is 0 Å². The number of hydrogen-bond acceptors (Lipinski definition) is 2. The van der Waals surface area contributed by atoms with Gasteiger partial charge in [0.05, 0.1) is 6.54 Å². The number of halogens is 1. The van der Waals surface area contributed by atoms with Crippen LogP contribution in [-0.4, -0.2) is 24.5 Å². The Kier molecular flexibility index (Phi) is 9.10. The predicted octanol–water partition coefficient (Wildman–Crippen LogP) is 3.04. The Balaban J connectivity index is 0.00000288. The van der Waals surface area contributed by atoms with Gasteiger partial charge in [-0.3, -0.25) is 4.79 Å². The summed E-state index contributed by atoms with van der Waals surface area (Å²) in [6.07, 6.45) is 4.81. The standard InChI is InChI=1S/C18H28N4O.HI/c1-3-13(2)22-17(23)16-9-5-8-15(10-16)12-21-18(19)20-11-14-6-4-7-14;/h5,8-10,13-14H,3-4,6-7,11-12H2,1-2H3,(H,22,23)(H3,19,20,21);1H. The Labute approximate surface area is 161 Å². The van der Waals surface area contributed by atoms with Crippen molar-refractivity contribution in [3.63, 3.8) is 0 Å². The summed E-state index contributed by atoms with van der Waals surface area (Å²) in [5, 5.41) is 6.15. The minimum absolute atomic E-state index is 0. The molecule has 1 aliphatic rings. The van der Waals surface area contributed by atoms with E-state index in [1.165, 1.54) is 19.3 Å². The highest BCUT2D eigenvalue weighted by molar-refractivity contribution is 14.0. The van der Waals surface area contributed by atoms with Crippen LogP contribution in [0.5, 0.6) is 0 Å². The second-order valence-corrected chi connectivity index (χ2v) is 6.36. The molecule has 0 spiro atoms. The van der Waals surface area contributed by atoms with E-state index < -0.39 is 0 Å². The highest BCUT2D eigenvalue weighted by atomic mass is 127. The smallest absolute Gasteiger partial charge is 0.251 e. The molecule has 0 radical (unpaired) electrons. The van der Waals surface area contributed by atoms with Crippen LogP contribution in [0.1, 0.15) is 55.5 Å². The molecule has 134 valence electrons. The molecule has 1 atom stereocenters. The average Bonchev–Trinajstić information content (AvgIpc) is 2.51. The molecule has 0 aromatic heterocycles. The van der Waals surface area contributed by atoms with Crippen LogP contribution in [0, 0.1) is 5.92 Å². The molecular formula is C18H29IN4O. The number of nitrogens with zero attached hydrogens (tertiary/aromatic N) is 1. The summed E-state index contributed by atoms with van der Waals surface area (Å²) in [5.41, 5.74) is 7.54. The molecule has 1 fully saturated rings. The lowest BCUT2D eigenvalue weighted by molar-refractivity contribution is 0.0939. The first-order valence-corrected chi connectivity index (χ1v) is 8.52. The molecule has 2 rings (SSSR count). The molecule has 1 aromatic rings. The zero-order chi connectivity index (χ0) is 16.7. The SMILES string of the molecule is CCC(C)NC(=O)c1cccc(CN=C(N)NCC2CCC2)c1.I. The van der Waals surface area contributed by atoms with Gasteiger partial charge >= 0.3 is 0 Å². The number of carbonyl (C=O) groups is 1. The van der Waals surface area contributed by atoms with Crippen LogP contribution in [-0.2, 0) is 6.54 Å². The molecule has 0 bridgehead atoms. The third-order valence-corrected chi connectivity index (χ3v) is 4.41. The number of guanidine groups is 1. The van der Waals surface area contributed by atoms with Gasteiger partial charge in [-0.2, -0.15) is 0 Å². The average molecular weight is 444 g/mol. The number of amides is 1. The summed E-state index contributed by atoms with van der Waals surface area (Å²) < 4.78 is 0. The molecule has 1 aliphatic carbocycles. The van der Waals surface area contributed by atoms with Crippen molar-refractivity contribution in [1.82, 2.24) is 10.6 Å². The first-order chi connectivity index (χ1) is 11.1. The van der Waals surface area contributed by atoms with Crippen molar-refractivity contribution in [3.05, 3.63) is 35.4 Å². The second-order valence-electron chi connectivity index (χ2n) is 6.36. The fourth-order valence-electron chi connectivity index (χ4n) is 2.40. The second kappa shape index (κ2) is 10.5. The Morgan fingerprint density at radius 2 is 2.17 bits per heavy atom. The Morgan fingerprint density at radius 3 is 2.79 bits per heavy atom. The van der Waals surface area contributed by atoms with Crippen molar-refractivity contribution in [2.45, 2.75) is 52.1 Å². The minimum atomic E-state index is -0.0405. The van der Waals surface area contributed by atoms with Gasteiger partial charge in [0.25, 0.3) is 5.91 Å². The number of rotatable bonds is 7. The maximum Gasteiger partial charge on any atom is 0.251 e. The molecule has 4 N–H and O–H groups in total. The first-order valence-electron chi connectivity index (χ1n) is 8.52. The Hall–Kier alpha value is -1.31. The molecule has 6 heteroatoms. The molecular weight excluding hydrogens is 415 g/mol. The van der Waals surface area contributed by atoms with Crippen LogP contribution in [0.25, 0.3) is 0 Å². The van der Waals surface area contributed by atoms with Crippen LogP contribution in [0.15, 0.2) is 29.3 Å². The Bertz CT molecular complexity index is 558. The third-order valence-electron chi connectivity index (χ3n) is 4.41. The van der Waals surface area contributed by atoms with Crippen LogP contribution in [0.2, 0.25) is 0 Å². The van der Waals surface area contributed by atoms with Crippen molar-refractivity contribution in [2.24, 2.45) is 16.6 Å². The third kappa shape index (κ3) is 6.67. The van der Waals surface area contributed by atoms with Crippen molar-refractivity contribution >= 4 is 35.8 Å². The van der Waals surface area contributed by atoms with Gasteiger partial charge < -0.3 is 16.4 Å².